The third-order valence-corrected chi connectivity index (χ3v) is 11.0. The first-order valence-electron chi connectivity index (χ1n) is 18.5. The van der Waals surface area contributed by atoms with E-state index in [-0.39, 0.29) is 0 Å². The zero-order chi connectivity index (χ0) is 35.6. The lowest BCUT2D eigenvalue weighted by molar-refractivity contribution is 1.17. The summed E-state index contributed by atoms with van der Waals surface area (Å²) in [6.07, 6.45) is 3.98. The van der Waals surface area contributed by atoms with Gasteiger partial charge in [0.05, 0.1) is 11.0 Å². The molecule has 1 aliphatic carbocycles. The maximum atomic E-state index is 4.70. The Morgan fingerprint density at radius 1 is 0.389 bits per heavy atom. The number of pyridine rings is 1. The summed E-state index contributed by atoms with van der Waals surface area (Å²) in [6, 6.07) is 68.0. The molecule has 11 rings (SSSR count). The number of benzene rings is 8. The van der Waals surface area contributed by atoms with E-state index >= 15 is 0 Å². The number of hydrogen-bond donors (Lipinski definition) is 0. The van der Waals surface area contributed by atoms with Gasteiger partial charge in [0, 0.05) is 57.0 Å². The highest BCUT2D eigenvalue weighted by Crippen LogP contribution is 2.51. The minimum atomic E-state index is 1.10. The molecule has 1 aliphatic rings. The molecule has 0 spiro atoms. The lowest BCUT2D eigenvalue weighted by atomic mass is 9.91. The number of para-hydroxylation sites is 2. The fourth-order valence-electron chi connectivity index (χ4n) is 8.67. The molecular formula is C51H33N3. The number of hydrogen-bond acceptors (Lipinski definition) is 2. The van der Waals surface area contributed by atoms with E-state index in [9.17, 15) is 0 Å². The highest BCUT2D eigenvalue weighted by Gasteiger charge is 2.26. The molecule has 0 fully saturated rings. The van der Waals surface area contributed by atoms with Crippen molar-refractivity contribution < 1.29 is 0 Å². The van der Waals surface area contributed by atoms with Crippen molar-refractivity contribution in [2.45, 2.75) is 0 Å². The van der Waals surface area contributed by atoms with Gasteiger partial charge < -0.3 is 9.47 Å². The minimum absolute atomic E-state index is 1.10. The van der Waals surface area contributed by atoms with E-state index in [2.05, 4.69) is 204 Å². The van der Waals surface area contributed by atoms with Crippen LogP contribution in [0.25, 0.3) is 82.8 Å². The Hall–Kier alpha value is -7.23. The maximum absolute atomic E-state index is 4.70. The van der Waals surface area contributed by atoms with Crippen LogP contribution in [-0.4, -0.2) is 9.55 Å². The van der Waals surface area contributed by atoms with Crippen LogP contribution in [0.1, 0.15) is 0 Å². The lowest BCUT2D eigenvalue weighted by Crippen LogP contribution is -2.10. The predicted octanol–water partition coefficient (Wildman–Crippen LogP) is 13.8. The standard InChI is InChI=1S/C51H33N3/c1-3-11-34(12-4-1)35-21-23-38(24-22-35)53(37-15-5-2-6-16-37)39-25-27-40(28-26-39)54-47-20-8-7-17-45(47)51-48(54)30-29-44-43-19-10-14-36-13-9-18-42(49(36)43)41-31-32-52-33-46(41)50(44)51/h1-33H. The van der Waals surface area contributed by atoms with Gasteiger partial charge in [0.25, 0.3) is 0 Å². The van der Waals surface area contributed by atoms with Gasteiger partial charge in [-0.1, -0.05) is 121 Å². The average molecular weight is 688 g/mol. The fourth-order valence-corrected chi connectivity index (χ4v) is 8.67. The number of rotatable bonds is 5. The van der Waals surface area contributed by atoms with Crippen LogP contribution in [0.15, 0.2) is 200 Å². The Labute approximate surface area is 313 Å². The second-order valence-electron chi connectivity index (χ2n) is 14.0. The van der Waals surface area contributed by atoms with Gasteiger partial charge in [0.1, 0.15) is 0 Å². The number of nitrogens with zero attached hydrogens (tertiary/aromatic N) is 3. The molecule has 0 unspecified atom stereocenters. The Morgan fingerprint density at radius 2 is 1.02 bits per heavy atom. The van der Waals surface area contributed by atoms with Crippen molar-refractivity contribution in [3.8, 4) is 50.2 Å². The van der Waals surface area contributed by atoms with Crippen LogP contribution in [-0.2, 0) is 0 Å². The van der Waals surface area contributed by atoms with Crippen molar-refractivity contribution in [1.82, 2.24) is 9.55 Å². The third-order valence-electron chi connectivity index (χ3n) is 11.0. The van der Waals surface area contributed by atoms with Crippen LogP contribution in [0.5, 0.6) is 0 Å². The van der Waals surface area contributed by atoms with Crippen LogP contribution in [0, 0.1) is 0 Å². The molecule has 0 atom stereocenters. The van der Waals surface area contributed by atoms with E-state index in [4.69, 9.17) is 4.98 Å². The SMILES string of the molecule is c1ccc(-c2ccc(N(c3ccccc3)c3ccc(-n4c5ccccc5c5c6c(ccc54)-c4cccc5cccc(c45)-c4ccncc4-6)cc3)cc2)cc1. The normalized spacial score (nSPS) is 11.7. The Balaban J connectivity index is 1.09. The quantitative estimate of drug-likeness (QED) is 0.180. The molecular weight excluding hydrogens is 655 g/mol. The molecule has 2 aromatic heterocycles. The number of anilines is 3. The molecule has 252 valence electrons. The monoisotopic (exact) mass is 687 g/mol. The Kier molecular flexibility index (Phi) is 6.86. The molecule has 0 bridgehead atoms. The number of aromatic nitrogens is 2. The Morgan fingerprint density at radius 3 is 1.78 bits per heavy atom. The van der Waals surface area contributed by atoms with Gasteiger partial charge in [-0.3, -0.25) is 4.98 Å². The van der Waals surface area contributed by atoms with E-state index in [1.807, 2.05) is 6.20 Å². The van der Waals surface area contributed by atoms with Crippen LogP contribution >= 0.6 is 0 Å². The smallest absolute Gasteiger partial charge is 0.0547 e. The molecule has 0 N–H and O–H groups in total. The average Bonchev–Trinajstić information content (AvgIpc) is 3.52. The lowest BCUT2D eigenvalue weighted by Gasteiger charge is -2.26. The first kappa shape index (κ1) is 30.4. The highest BCUT2D eigenvalue weighted by molar-refractivity contribution is 6.23. The highest BCUT2D eigenvalue weighted by atomic mass is 15.1. The van der Waals surface area contributed by atoms with Crippen molar-refractivity contribution in [3.63, 3.8) is 0 Å². The van der Waals surface area contributed by atoms with Gasteiger partial charge in [-0.05, 0) is 111 Å². The zero-order valence-corrected chi connectivity index (χ0v) is 29.4. The molecule has 0 amide bonds. The van der Waals surface area contributed by atoms with Crippen LogP contribution in [0.3, 0.4) is 0 Å². The number of fused-ring (bicyclic) bond motifs is 9. The predicted molar refractivity (Wildman–Crippen MR) is 226 cm³/mol. The first-order valence-corrected chi connectivity index (χ1v) is 18.5. The van der Waals surface area contributed by atoms with Crippen molar-refractivity contribution >= 4 is 49.6 Å². The summed E-state index contributed by atoms with van der Waals surface area (Å²) in [4.78, 5) is 7.03. The second-order valence-corrected chi connectivity index (χ2v) is 14.0. The van der Waals surface area contributed by atoms with Gasteiger partial charge in [-0.25, -0.2) is 0 Å². The summed E-state index contributed by atoms with van der Waals surface area (Å²) in [5.74, 6) is 0. The summed E-state index contributed by atoms with van der Waals surface area (Å²) >= 11 is 0. The summed E-state index contributed by atoms with van der Waals surface area (Å²) in [7, 11) is 0. The summed E-state index contributed by atoms with van der Waals surface area (Å²) in [5, 5.41) is 5.02. The molecule has 0 radical (unpaired) electrons. The maximum Gasteiger partial charge on any atom is 0.0547 e. The zero-order valence-electron chi connectivity index (χ0n) is 29.4. The molecule has 10 aromatic rings. The molecule has 3 heteroatoms. The van der Waals surface area contributed by atoms with Gasteiger partial charge in [-0.2, -0.15) is 0 Å². The van der Waals surface area contributed by atoms with Crippen LogP contribution < -0.4 is 4.90 Å². The van der Waals surface area contributed by atoms with Gasteiger partial charge in [0.2, 0.25) is 0 Å². The Bertz CT molecular complexity index is 3010. The molecule has 0 aliphatic heterocycles. The van der Waals surface area contributed by atoms with Crippen molar-refractivity contribution in [1.29, 1.82) is 0 Å². The van der Waals surface area contributed by atoms with Crippen LogP contribution in [0.2, 0.25) is 0 Å². The van der Waals surface area contributed by atoms with Gasteiger partial charge >= 0.3 is 0 Å². The summed E-state index contributed by atoms with van der Waals surface area (Å²) in [5.41, 5.74) is 16.6. The topological polar surface area (TPSA) is 21.1 Å². The molecule has 54 heavy (non-hydrogen) atoms. The van der Waals surface area contributed by atoms with Crippen LogP contribution in [0.4, 0.5) is 17.1 Å². The third kappa shape index (κ3) is 4.65. The summed E-state index contributed by atoms with van der Waals surface area (Å²) in [6.45, 7) is 0. The van der Waals surface area contributed by atoms with E-state index in [0.29, 0.717) is 0 Å². The van der Waals surface area contributed by atoms with E-state index in [1.165, 1.54) is 71.5 Å². The molecule has 0 saturated heterocycles. The molecule has 2 heterocycles. The minimum Gasteiger partial charge on any atom is -0.311 e. The van der Waals surface area contributed by atoms with Crippen molar-refractivity contribution in [3.05, 3.63) is 200 Å². The van der Waals surface area contributed by atoms with E-state index in [0.717, 1.165) is 28.3 Å². The second kappa shape index (κ2) is 12.2. The van der Waals surface area contributed by atoms with Crippen molar-refractivity contribution in [2.24, 2.45) is 0 Å². The van der Waals surface area contributed by atoms with E-state index < -0.39 is 0 Å². The van der Waals surface area contributed by atoms with Gasteiger partial charge in [-0.15, -0.1) is 0 Å². The van der Waals surface area contributed by atoms with E-state index in [1.54, 1.807) is 0 Å². The van der Waals surface area contributed by atoms with Gasteiger partial charge in [0.15, 0.2) is 0 Å². The first-order chi connectivity index (χ1) is 26.8. The fraction of sp³-hybridized carbons (Fsp3) is 0. The molecule has 0 saturated carbocycles. The molecule has 8 aromatic carbocycles. The summed E-state index contributed by atoms with van der Waals surface area (Å²) < 4.78 is 2.42. The molecule has 3 nitrogen and oxygen atoms in total. The largest absolute Gasteiger partial charge is 0.311 e. The van der Waals surface area contributed by atoms with Crippen molar-refractivity contribution in [2.75, 3.05) is 4.90 Å².